The van der Waals surface area contributed by atoms with Gasteiger partial charge in [-0.2, -0.15) is 0 Å². The maximum Gasteiger partial charge on any atom is 0.306 e. The first-order valence-corrected chi connectivity index (χ1v) is 28.8. The van der Waals surface area contributed by atoms with Crippen molar-refractivity contribution in [2.45, 2.75) is 347 Å². The van der Waals surface area contributed by atoms with E-state index in [2.05, 4.69) is 26.1 Å². The van der Waals surface area contributed by atoms with Crippen molar-refractivity contribution in [1.82, 2.24) is 5.32 Å². The number of esters is 1. The lowest BCUT2D eigenvalue weighted by Gasteiger charge is -2.24. The SMILES string of the molecule is CCCCCCCCCCCCCCCCCCCC(=O)OC(CCCCCCCCCCCCCC)CC(=O)NC(CO)C(O)CCCCCCCCCCCCCCCCC. The summed E-state index contributed by atoms with van der Waals surface area (Å²) in [5.41, 5.74) is 0. The molecule has 1 amide bonds. The van der Waals surface area contributed by atoms with E-state index in [9.17, 15) is 19.8 Å². The highest BCUT2D eigenvalue weighted by Crippen LogP contribution is 2.19. The van der Waals surface area contributed by atoms with Gasteiger partial charge in [0.2, 0.25) is 5.91 Å². The van der Waals surface area contributed by atoms with Crippen LogP contribution in [0.1, 0.15) is 329 Å². The first kappa shape index (κ1) is 61.9. The average Bonchev–Trinajstić information content (AvgIpc) is 3.28. The van der Waals surface area contributed by atoms with Gasteiger partial charge in [0, 0.05) is 6.42 Å². The highest BCUT2D eigenvalue weighted by molar-refractivity contribution is 5.77. The lowest BCUT2D eigenvalue weighted by atomic mass is 10.0. The van der Waals surface area contributed by atoms with Gasteiger partial charge in [0.15, 0.2) is 0 Å². The third-order valence-corrected chi connectivity index (χ3v) is 13.7. The number of rotatable bonds is 53. The van der Waals surface area contributed by atoms with Crippen LogP contribution in [0.4, 0.5) is 0 Å². The molecule has 0 heterocycles. The first-order valence-electron chi connectivity index (χ1n) is 28.8. The molecule has 3 N–H and O–H groups in total. The Labute approximate surface area is 394 Å². The van der Waals surface area contributed by atoms with Crippen LogP contribution in [0.3, 0.4) is 0 Å². The van der Waals surface area contributed by atoms with Crippen LogP contribution in [0.25, 0.3) is 0 Å². The van der Waals surface area contributed by atoms with Crippen molar-refractivity contribution in [1.29, 1.82) is 0 Å². The van der Waals surface area contributed by atoms with Crippen molar-refractivity contribution >= 4 is 11.9 Å². The quantitative estimate of drug-likeness (QED) is 0.0418. The second-order valence-electron chi connectivity index (χ2n) is 20.1. The summed E-state index contributed by atoms with van der Waals surface area (Å²) in [6.07, 6.45) is 57.4. The maximum atomic E-state index is 13.2. The zero-order valence-electron chi connectivity index (χ0n) is 43.0. The molecule has 0 aliphatic carbocycles. The van der Waals surface area contributed by atoms with Crippen LogP contribution in [-0.4, -0.2) is 46.9 Å². The van der Waals surface area contributed by atoms with Crippen LogP contribution in [0, 0.1) is 0 Å². The van der Waals surface area contributed by atoms with Gasteiger partial charge in [-0.15, -0.1) is 0 Å². The van der Waals surface area contributed by atoms with Crippen molar-refractivity contribution in [2.24, 2.45) is 0 Å². The molecule has 0 bridgehead atoms. The van der Waals surface area contributed by atoms with E-state index in [-0.39, 0.29) is 24.9 Å². The highest BCUT2D eigenvalue weighted by atomic mass is 16.5. The fraction of sp³-hybridized carbons (Fsp3) is 0.965. The van der Waals surface area contributed by atoms with E-state index in [0.717, 1.165) is 38.5 Å². The van der Waals surface area contributed by atoms with Crippen LogP contribution >= 0.6 is 0 Å². The minimum absolute atomic E-state index is 0.0883. The van der Waals surface area contributed by atoms with Crippen molar-refractivity contribution in [2.75, 3.05) is 6.61 Å². The first-order chi connectivity index (χ1) is 31.0. The molecule has 0 aliphatic rings. The van der Waals surface area contributed by atoms with Gasteiger partial charge in [0.05, 0.1) is 25.2 Å². The van der Waals surface area contributed by atoms with E-state index >= 15 is 0 Å². The zero-order valence-corrected chi connectivity index (χ0v) is 43.0. The lowest BCUT2D eigenvalue weighted by molar-refractivity contribution is -0.151. The molecule has 0 aromatic heterocycles. The molecule has 0 aromatic carbocycles. The number of ether oxygens (including phenoxy) is 1. The number of nitrogens with one attached hydrogen (secondary N) is 1. The largest absolute Gasteiger partial charge is 0.462 e. The third kappa shape index (κ3) is 47.2. The molecule has 376 valence electrons. The van der Waals surface area contributed by atoms with Crippen molar-refractivity contribution in [3.8, 4) is 0 Å². The Hall–Kier alpha value is -1.14. The van der Waals surface area contributed by atoms with Crippen LogP contribution in [0.15, 0.2) is 0 Å². The maximum absolute atomic E-state index is 13.2. The predicted molar refractivity (Wildman–Crippen MR) is 274 cm³/mol. The molecule has 0 aliphatic heterocycles. The Balaban J connectivity index is 4.43. The number of amides is 1. The number of carbonyl (C=O) groups is 2. The van der Waals surface area contributed by atoms with E-state index < -0.39 is 18.2 Å². The number of aliphatic hydroxyl groups excluding tert-OH is 2. The Morgan fingerprint density at radius 3 is 0.968 bits per heavy atom. The molecule has 3 unspecified atom stereocenters. The summed E-state index contributed by atoms with van der Waals surface area (Å²) in [5, 5.41) is 23.9. The van der Waals surface area contributed by atoms with Gasteiger partial charge in [0.1, 0.15) is 6.10 Å². The number of hydrogen-bond acceptors (Lipinski definition) is 5. The minimum Gasteiger partial charge on any atom is -0.462 e. The van der Waals surface area contributed by atoms with Crippen molar-refractivity contribution in [3.05, 3.63) is 0 Å². The monoisotopic (exact) mass is 892 g/mol. The Kier molecular flexibility index (Phi) is 50.9. The second-order valence-corrected chi connectivity index (χ2v) is 20.1. The van der Waals surface area contributed by atoms with Crippen molar-refractivity contribution < 1.29 is 24.5 Å². The fourth-order valence-electron chi connectivity index (χ4n) is 9.32. The summed E-state index contributed by atoms with van der Waals surface area (Å²) in [5.74, 6) is -0.446. The van der Waals surface area contributed by atoms with Crippen LogP contribution < -0.4 is 5.32 Å². The third-order valence-electron chi connectivity index (χ3n) is 13.7. The summed E-state index contributed by atoms with van der Waals surface area (Å²) in [7, 11) is 0. The molecule has 0 spiro atoms. The minimum atomic E-state index is -0.780. The van der Waals surface area contributed by atoms with Gasteiger partial charge in [-0.1, -0.05) is 290 Å². The summed E-state index contributed by atoms with van der Waals surface area (Å²) >= 11 is 0. The number of aliphatic hydroxyl groups is 2. The number of carbonyl (C=O) groups excluding carboxylic acids is 2. The Morgan fingerprint density at radius 2 is 0.667 bits per heavy atom. The van der Waals surface area contributed by atoms with Gasteiger partial charge >= 0.3 is 5.97 Å². The van der Waals surface area contributed by atoms with Gasteiger partial charge < -0.3 is 20.3 Å². The van der Waals surface area contributed by atoms with Gasteiger partial charge in [-0.3, -0.25) is 9.59 Å². The summed E-state index contributed by atoms with van der Waals surface area (Å²) in [6.45, 7) is 6.53. The number of unbranched alkanes of at least 4 members (excludes halogenated alkanes) is 41. The average molecular weight is 893 g/mol. The lowest BCUT2D eigenvalue weighted by Crippen LogP contribution is -2.46. The molecule has 0 fully saturated rings. The van der Waals surface area contributed by atoms with E-state index in [4.69, 9.17) is 4.74 Å². The zero-order chi connectivity index (χ0) is 45.9. The highest BCUT2D eigenvalue weighted by Gasteiger charge is 2.24. The molecule has 0 saturated heterocycles. The van der Waals surface area contributed by atoms with Crippen LogP contribution in [0.2, 0.25) is 0 Å². The molecule has 6 heteroatoms. The second kappa shape index (κ2) is 51.8. The summed E-state index contributed by atoms with van der Waals surface area (Å²) < 4.78 is 5.96. The molecule has 0 rings (SSSR count). The molecule has 0 radical (unpaired) electrons. The normalized spacial score (nSPS) is 13.0. The molecule has 0 aromatic rings. The molecule has 6 nitrogen and oxygen atoms in total. The molecule has 3 atom stereocenters. The Bertz CT molecular complexity index is 913. The van der Waals surface area contributed by atoms with Gasteiger partial charge in [-0.25, -0.2) is 0 Å². The van der Waals surface area contributed by atoms with E-state index in [1.54, 1.807) is 0 Å². The standard InChI is InChI=1S/C57H113NO5/c1-4-7-10-13-16-19-22-25-27-28-30-32-35-38-41-44-47-50-57(62)63-53(48-45-42-39-36-33-24-21-18-15-12-9-6-3)51-56(61)58-54(52-59)55(60)49-46-43-40-37-34-31-29-26-23-20-17-14-11-8-5-2/h53-55,59-60H,4-52H2,1-3H3,(H,58,61). The summed E-state index contributed by atoms with van der Waals surface area (Å²) in [4.78, 5) is 26.2. The van der Waals surface area contributed by atoms with E-state index in [0.29, 0.717) is 19.3 Å². The predicted octanol–water partition coefficient (Wildman–Crippen LogP) is 17.5. The topological polar surface area (TPSA) is 95.9 Å². The molecule has 0 saturated carbocycles. The van der Waals surface area contributed by atoms with Crippen LogP contribution in [0.5, 0.6) is 0 Å². The van der Waals surface area contributed by atoms with Gasteiger partial charge in [-0.05, 0) is 25.7 Å². The van der Waals surface area contributed by atoms with Crippen molar-refractivity contribution in [3.63, 3.8) is 0 Å². The smallest absolute Gasteiger partial charge is 0.306 e. The van der Waals surface area contributed by atoms with Gasteiger partial charge in [0.25, 0.3) is 0 Å². The fourth-order valence-corrected chi connectivity index (χ4v) is 9.32. The Morgan fingerprint density at radius 1 is 0.397 bits per heavy atom. The van der Waals surface area contributed by atoms with E-state index in [1.165, 1.54) is 244 Å². The molecular formula is C57H113NO5. The van der Waals surface area contributed by atoms with Crippen LogP contribution in [-0.2, 0) is 14.3 Å². The molecule has 63 heavy (non-hydrogen) atoms. The molecular weight excluding hydrogens is 779 g/mol. The number of hydrogen-bond donors (Lipinski definition) is 3. The summed E-state index contributed by atoms with van der Waals surface area (Å²) in [6, 6.07) is -0.693. The van der Waals surface area contributed by atoms with E-state index in [1.807, 2.05) is 0 Å².